The standard InChI is InChI=1S/C20H23N3O7S/c1-13(14-3-4-16-17(9-14)30-12-29-16)22-19-18(10-15(11-21-19)20(24)27-2)31(25,26)23-5-7-28-8-6-23/h3-4,9-11,13H,5-8,12H2,1-2H3,(H,21,22)/t13-/m1/s1. The number of anilines is 1. The molecule has 1 fully saturated rings. The molecular weight excluding hydrogens is 426 g/mol. The van der Waals surface area contributed by atoms with Gasteiger partial charge in [-0.2, -0.15) is 4.31 Å². The molecule has 0 amide bonds. The van der Waals surface area contributed by atoms with Crippen molar-refractivity contribution in [2.24, 2.45) is 0 Å². The molecular formula is C20H23N3O7S. The average molecular weight is 449 g/mol. The van der Waals surface area contributed by atoms with Gasteiger partial charge in [-0.25, -0.2) is 18.2 Å². The Hall–Kier alpha value is -2.89. The molecule has 11 heteroatoms. The van der Waals surface area contributed by atoms with E-state index in [1.165, 1.54) is 23.7 Å². The highest BCUT2D eigenvalue weighted by atomic mass is 32.2. The quantitative estimate of drug-likeness (QED) is 0.659. The van der Waals surface area contributed by atoms with Crippen LogP contribution in [0.1, 0.15) is 28.9 Å². The highest BCUT2D eigenvalue weighted by Crippen LogP contribution is 2.35. The SMILES string of the molecule is COC(=O)c1cnc(N[C@H](C)c2ccc3c(c2)OCO3)c(S(=O)(=O)N2CCOCC2)c1. The zero-order chi connectivity index (χ0) is 22.0. The fourth-order valence-corrected chi connectivity index (χ4v) is 4.92. The van der Waals surface area contributed by atoms with E-state index in [0.717, 1.165) is 5.56 Å². The van der Waals surface area contributed by atoms with Crippen LogP contribution in [0.2, 0.25) is 0 Å². The minimum absolute atomic E-state index is 0.0515. The van der Waals surface area contributed by atoms with E-state index >= 15 is 0 Å². The van der Waals surface area contributed by atoms with E-state index in [1.54, 1.807) is 6.07 Å². The molecule has 2 aromatic rings. The van der Waals surface area contributed by atoms with Crippen LogP contribution in [-0.2, 0) is 19.5 Å². The Morgan fingerprint density at radius 1 is 1.19 bits per heavy atom. The molecule has 4 rings (SSSR count). The number of carbonyl (C=O) groups is 1. The number of fused-ring (bicyclic) bond motifs is 1. The molecule has 0 spiro atoms. The molecule has 0 radical (unpaired) electrons. The van der Waals surface area contributed by atoms with E-state index in [2.05, 4.69) is 10.3 Å². The smallest absolute Gasteiger partial charge is 0.339 e. The third-order valence-electron chi connectivity index (χ3n) is 5.11. The molecule has 1 aromatic heterocycles. The van der Waals surface area contributed by atoms with E-state index in [4.69, 9.17) is 18.9 Å². The number of nitrogens with zero attached hydrogens (tertiary/aromatic N) is 2. The van der Waals surface area contributed by atoms with Gasteiger partial charge in [-0.05, 0) is 30.7 Å². The third-order valence-corrected chi connectivity index (χ3v) is 7.02. The second-order valence-corrected chi connectivity index (χ2v) is 8.96. The molecule has 0 unspecified atom stereocenters. The van der Waals surface area contributed by atoms with Gasteiger partial charge < -0.3 is 24.3 Å². The largest absolute Gasteiger partial charge is 0.465 e. The third kappa shape index (κ3) is 4.29. The highest BCUT2D eigenvalue weighted by Gasteiger charge is 2.31. The van der Waals surface area contributed by atoms with Gasteiger partial charge in [-0.1, -0.05) is 6.07 Å². The van der Waals surface area contributed by atoms with Crippen LogP contribution in [-0.4, -0.2) is 63.9 Å². The zero-order valence-corrected chi connectivity index (χ0v) is 18.0. The van der Waals surface area contributed by atoms with Crippen molar-refractivity contribution in [3.8, 4) is 11.5 Å². The molecule has 0 aliphatic carbocycles. The van der Waals surface area contributed by atoms with Gasteiger partial charge in [0.2, 0.25) is 16.8 Å². The molecule has 0 bridgehead atoms. The Kier molecular flexibility index (Phi) is 5.99. The van der Waals surface area contributed by atoms with Crippen LogP contribution < -0.4 is 14.8 Å². The number of pyridine rings is 1. The van der Waals surface area contributed by atoms with Crippen LogP contribution in [0, 0.1) is 0 Å². The average Bonchev–Trinajstić information content (AvgIpc) is 3.27. The maximum absolute atomic E-state index is 13.3. The van der Waals surface area contributed by atoms with Crippen molar-refractivity contribution < 1.29 is 32.2 Å². The first-order chi connectivity index (χ1) is 14.9. The molecule has 1 N–H and O–H groups in total. The Morgan fingerprint density at radius 3 is 2.68 bits per heavy atom. The summed E-state index contributed by atoms with van der Waals surface area (Å²) in [6, 6.07) is 6.49. The predicted octanol–water partition coefficient (Wildman–Crippen LogP) is 1.79. The zero-order valence-electron chi connectivity index (χ0n) is 17.2. The number of nitrogens with one attached hydrogen (secondary N) is 1. The Balaban J connectivity index is 1.68. The van der Waals surface area contributed by atoms with E-state index in [-0.39, 0.29) is 42.2 Å². The summed E-state index contributed by atoms with van der Waals surface area (Å²) < 4.78 is 48.8. The number of hydrogen-bond acceptors (Lipinski definition) is 9. The van der Waals surface area contributed by atoms with Gasteiger partial charge >= 0.3 is 5.97 Å². The van der Waals surface area contributed by atoms with Gasteiger partial charge in [0.15, 0.2) is 11.5 Å². The Labute approximate surface area is 180 Å². The van der Waals surface area contributed by atoms with Crippen LogP contribution in [0.3, 0.4) is 0 Å². The first-order valence-electron chi connectivity index (χ1n) is 9.72. The number of carbonyl (C=O) groups excluding carboxylic acids is 1. The number of hydrogen-bond donors (Lipinski definition) is 1. The lowest BCUT2D eigenvalue weighted by molar-refractivity contribution is 0.0600. The topological polar surface area (TPSA) is 116 Å². The first kappa shape index (κ1) is 21.3. The molecule has 10 nitrogen and oxygen atoms in total. The van der Waals surface area contributed by atoms with Gasteiger partial charge in [0.1, 0.15) is 10.7 Å². The first-order valence-corrected chi connectivity index (χ1v) is 11.2. The molecule has 166 valence electrons. The van der Waals surface area contributed by atoms with Crippen molar-refractivity contribution in [3.63, 3.8) is 0 Å². The molecule has 3 heterocycles. The fourth-order valence-electron chi connectivity index (χ4n) is 3.38. The number of morpholine rings is 1. The number of esters is 1. The van der Waals surface area contributed by atoms with Crippen molar-refractivity contribution >= 4 is 21.8 Å². The summed E-state index contributed by atoms with van der Waals surface area (Å²) in [5.41, 5.74) is 0.911. The lowest BCUT2D eigenvalue weighted by Gasteiger charge is -2.27. The van der Waals surface area contributed by atoms with Crippen LogP contribution in [0.5, 0.6) is 11.5 Å². The van der Waals surface area contributed by atoms with Crippen molar-refractivity contribution in [3.05, 3.63) is 41.6 Å². The highest BCUT2D eigenvalue weighted by molar-refractivity contribution is 7.89. The molecule has 0 saturated carbocycles. The number of rotatable bonds is 6. The number of benzene rings is 1. The summed E-state index contributed by atoms with van der Waals surface area (Å²) >= 11 is 0. The summed E-state index contributed by atoms with van der Waals surface area (Å²) in [5.74, 6) is 0.763. The number of sulfonamides is 1. The molecule has 1 aromatic carbocycles. The van der Waals surface area contributed by atoms with E-state index < -0.39 is 16.0 Å². The maximum atomic E-state index is 13.3. The number of aromatic nitrogens is 1. The molecule has 31 heavy (non-hydrogen) atoms. The van der Waals surface area contributed by atoms with E-state index in [1.807, 2.05) is 19.1 Å². The summed E-state index contributed by atoms with van der Waals surface area (Å²) in [6.07, 6.45) is 1.29. The Bertz CT molecular complexity index is 1080. The van der Waals surface area contributed by atoms with Crippen LogP contribution in [0.4, 0.5) is 5.82 Å². The summed E-state index contributed by atoms with van der Waals surface area (Å²) in [4.78, 5) is 16.1. The summed E-state index contributed by atoms with van der Waals surface area (Å²) in [7, 11) is -2.69. The second kappa shape index (κ2) is 8.69. The second-order valence-electron chi connectivity index (χ2n) is 7.06. The minimum Gasteiger partial charge on any atom is -0.465 e. The minimum atomic E-state index is -3.92. The van der Waals surface area contributed by atoms with Crippen LogP contribution in [0.25, 0.3) is 0 Å². The summed E-state index contributed by atoms with van der Waals surface area (Å²) in [5, 5.41) is 3.15. The molecule has 1 atom stereocenters. The van der Waals surface area contributed by atoms with Gasteiger partial charge in [0, 0.05) is 19.3 Å². The molecule has 2 aliphatic rings. The van der Waals surface area contributed by atoms with E-state index in [0.29, 0.717) is 24.7 Å². The Morgan fingerprint density at radius 2 is 1.94 bits per heavy atom. The van der Waals surface area contributed by atoms with Gasteiger partial charge in [-0.15, -0.1) is 0 Å². The monoisotopic (exact) mass is 449 g/mol. The summed E-state index contributed by atoms with van der Waals surface area (Å²) in [6.45, 7) is 3.10. The number of ether oxygens (including phenoxy) is 4. The van der Waals surface area contributed by atoms with Crippen LogP contribution >= 0.6 is 0 Å². The lowest BCUT2D eigenvalue weighted by atomic mass is 10.1. The number of methoxy groups -OCH3 is 1. The fraction of sp³-hybridized carbons (Fsp3) is 0.400. The van der Waals surface area contributed by atoms with Crippen molar-refractivity contribution in [2.45, 2.75) is 17.9 Å². The van der Waals surface area contributed by atoms with Crippen molar-refractivity contribution in [2.75, 3.05) is 45.5 Å². The maximum Gasteiger partial charge on any atom is 0.339 e. The van der Waals surface area contributed by atoms with Crippen molar-refractivity contribution in [1.82, 2.24) is 9.29 Å². The molecule has 2 aliphatic heterocycles. The molecule has 1 saturated heterocycles. The normalized spacial score (nSPS) is 17.2. The van der Waals surface area contributed by atoms with Gasteiger partial charge in [-0.3, -0.25) is 0 Å². The van der Waals surface area contributed by atoms with Gasteiger partial charge in [0.05, 0.1) is 31.9 Å². The van der Waals surface area contributed by atoms with Crippen LogP contribution in [0.15, 0.2) is 35.4 Å². The van der Waals surface area contributed by atoms with Crippen molar-refractivity contribution in [1.29, 1.82) is 0 Å². The predicted molar refractivity (Wildman–Crippen MR) is 110 cm³/mol. The van der Waals surface area contributed by atoms with E-state index in [9.17, 15) is 13.2 Å². The van der Waals surface area contributed by atoms with Gasteiger partial charge in [0.25, 0.3) is 0 Å². The lowest BCUT2D eigenvalue weighted by Crippen LogP contribution is -2.41.